The summed E-state index contributed by atoms with van der Waals surface area (Å²) in [6.45, 7) is 2.59. The summed E-state index contributed by atoms with van der Waals surface area (Å²) in [6, 6.07) is 7.81. The van der Waals surface area contributed by atoms with Gasteiger partial charge in [0, 0.05) is 12.6 Å². The van der Waals surface area contributed by atoms with Crippen LogP contribution in [0.3, 0.4) is 0 Å². The van der Waals surface area contributed by atoms with Crippen LogP contribution < -0.4 is 4.74 Å². The molecule has 2 atom stereocenters. The van der Waals surface area contributed by atoms with E-state index in [1.165, 1.54) is 0 Å². The number of methoxy groups -OCH3 is 1. The summed E-state index contributed by atoms with van der Waals surface area (Å²) in [4.78, 5) is 14.3. The molecule has 2 unspecified atom stereocenters. The number of rotatable bonds is 5. The molecule has 0 saturated carbocycles. The molecule has 1 aliphatic rings. The first kappa shape index (κ1) is 14.9. The zero-order valence-corrected chi connectivity index (χ0v) is 12.2. The van der Waals surface area contributed by atoms with Crippen LogP contribution in [0.2, 0.25) is 0 Å². The molecule has 20 heavy (non-hydrogen) atoms. The lowest BCUT2D eigenvalue weighted by Gasteiger charge is -2.25. The third kappa shape index (κ3) is 3.73. The SMILES string of the molecule is COc1cccc(CC(=O)N2CCCC2CC(C)O)c1. The maximum absolute atomic E-state index is 12.4. The number of carbonyl (C=O) groups excluding carboxylic acids is 1. The molecule has 0 aromatic heterocycles. The highest BCUT2D eigenvalue weighted by Crippen LogP contribution is 2.23. The molecule has 2 rings (SSSR count). The summed E-state index contributed by atoms with van der Waals surface area (Å²) >= 11 is 0. The van der Waals surface area contributed by atoms with Crippen molar-refractivity contribution in [2.75, 3.05) is 13.7 Å². The zero-order valence-electron chi connectivity index (χ0n) is 12.2. The second-order valence-corrected chi connectivity index (χ2v) is 5.50. The summed E-state index contributed by atoms with van der Waals surface area (Å²) < 4.78 is 5.18. The fourth-order valence-corrected chi connectivity index (χ4v) is 2.86. The Morgan fingerprint density at radius 1 is 1.55 bits per heavy atom. The van der Waals surface area contributed by atoms with Gasteiger partial charge in [0.2, 0.25) is 5.91 Å². The van der Waals surface area contributed by atoms with Crippen LogP contribution in [0.25, 0.3) is 0 Å². The smallest absolute Gasteiger partial charge is 0.227 e. The molecule has 0 spiro atoms. The molecular formula is C16H23NO3. The Morgan fingerprint density at radius 3 is 3.05 bits per heavy atom. The fourth-order valence-electron chi connectivity index (χ4n) is 2.86. The first-order valence-corrected chi connectivity index (χ1v) is 7.20. The van der Waals surface area contributed by atoms with Crippen LogP contribution in [0.4, 0.5) is 0 Å². The summed E-state index contributed by atoms with van der Waals surface area (Å²) in [7, 11) is 1.63. The number of amides is 1. The number of likely N-dealkylation sites (tertiary alicyclic amines) is 1. The monoisotopic (exact) mass is 277 g/mol. The van der Waals surface area contributed by atoms with Crippen LogP contribution in [0, 0.1) is 0 Å². The number of benzene rings is 1. The van der Waals surface area contributed by atoms with Gasteiger partial charge in [-0.05, 0) is 43.9 Å². The van der Waals surface area contributed by atoms with Gasteiger partial charge in [-0.25, -0.2) is 0 Å². The molecular weight excluding hydrogens is 254 g/mol. The predicted octanol–water partition coefficient (Wildman–Crippen LogP) is 2.00. The summed E-state index contributed by atoms with van der Waals surface area (Å²) in [5.41, 5.74) is 0.969. The Morgan fingerprint density at radius 2 is 2.35 bits per heavy atom. The zero-order chi connectivity index (χ0) is 14.5. The van der Waals surface area contributed by atoms with Gasteiger partial charge in [0.25, 0.3) is 0 Å². The minimum absolute atomic E-state index is 0.140. The number of aliphatic hydroxyl groups is 1. The molecule has 0 aliphatic carbocycles. The molecule has 1 aromatic rings. The van der Waals surface area contributed by atoms with E-state index >= 15 is 0 Å². The van der Waals surface area contributed by atoms with Crippen LogP contribution >= 0.6 is 0 Å². The van der Waals surface area contributed by atoms with Crippen molar-refractivity contribution in [1.82, 2.24) is 4.90 Å². The lowest BCUT2D eigenvalue weighted by atomic mass is 10.1. The van der Waals surface area contributed by atoms with Crippen molar-refractivity contribution in [3.05, 3.63) is 29.8 Å². The number of carbonyl (C=O) groups is 1. The third-order valence-electron chi connectivity index (χ3n) is 3.80. The largest absolute Gasteiger partial charge is 0.497 e. The number of hydrogen-bond acceptors (Lipinski definition) is 3. The lowest BCUT2D eigenvalue weighted by Crippen LogP contribution is -2.38. The highest BCUT2D eigenvalue weighted by molar-refractivity contribution is 5.79. The number of hydrogen-bond donors (Lipinski definition) is 1. The Bertz CT molecular complexity index is 459. The first-order chi connectivity index (χ1) is 9.60. The molecule has 1 aliphatic heterocycles. The van der Waals surface area contributed by atoms with E-state index in [9.17, 15) is 9.90 Å². The van der Waals surface area contributed by atoms with Gasteiger partial charge in [0.15, 0.2) is 0 Å². The normalized spacial score (nSPS) is 19.9. The van der Waals surface area contributed by atoms with Crippen molar-refractivity contribution in [3.63, 3.8) is 0 Å². The molecule has 0 radical (unpaired) electrons. The average Bonchev–Trinajstić information content (AvgIpc) is 2.86. The van der Waals surface area contributed by atoms with E-state index in [0.717, 1.165) is 30.7 Å². The second-order valence-electron chi connectivity index (χ2n) is 5.50. The number of nitrogens with zero attached hydrogens (tertiary/aromatic N) is 1. The van der Waals surface area contributed by atoms with Crippen LogP contribution in [0.1, 0.15) is 31.7 Å². The lowest BCUT2D eigenvalue weighted by molar-refractivity contribution is -0.131. The van der Waals surface area contributed by atoms with Gasteiger partial charge in [-0.15, -0.1) is 0 Å². The molecule has 110 valence electrons. The van der Waals surface area contributed by atoms with Crippen molar-refractivity contribution in [2.24, 2.45) is 0 Å². The molecule has 1 fully saturated rings. The predicted molar refractivity (Wildman–Crippen MR) is 77.7 cm³/mol. The standard InChI is InChI=1S/C16H23NO3/c1-12(18)9-14-6-4-8-17(14)16(19)11-13-5-3-7-15(10-13)20-2/h3,5,7,10,12,14,18H,4,6,8-9,11H2,1-2H3. The van der Waals surface area contributed by atoms with Crippen LogP contribution in [0.5, 0.6) is 5.75 Å². The van der Waals surface area contributed by atoms with Gasteiger partial charge in [-0.1, -0.05) is 12.1 Å². The molecule has 1 heterocycles. The number of ether oxygens (including phenoxy) is 1. The quantitative estimate of drug-likeness (QED) is 0.895. The van der Waals surface area contributed by atoms with Gasteiger partial charge >= 0.3 is 0 Å². The highest BCUT2D eigenvalue weighted by Gasteiger charge is 2.29. The van der Waals surface area contributed by atoms with Gasteiger partial charge in [0.05, 0.1) is 19.6 Å². The summed E-state index contributed by atoms with van der Waals surface area (Å²) in [6.07, 6.45) is 2.73. The topological polar surface area (TPSA) is 49.8 Å². The molecule has 1 aromatic carbocycles. The van der Waals surface area contributed by atoms with Crippen molar-refractivity contribution in [3.8, 4) is 5.75 Å². The molecule has 4 heteroatoms. The van der Waals surface area contributed by atoms with Crippen molar-refractivity contribution in [1.29, 1.82) is 0 Å². The molecule has 1 N–H and O–H groups in total. The molecule has 1 amide bonds. The van der Waals surface area contributed by atoms with E-state index < -0.39 is 0 Å². The van der Waals surface area contributed by atoms with Crippen molar-refractivity contribution < 1.29 is 14.6 Å². The van der Waals surface area contributed by atoms with Crippen molar-refractivity contribution >= 4 is 5.91 Å². The minimum Gasteiger partial charge on any atom is -0.497 e. The first-order valence-electron chi connectivity index (χ1n) is 7.20. The molecule has 1 saturated heterocycles. The molecule has 0 bridgehead atoms. The van der Waals surface area contributed by atoms with E-state index in [1.807, 2.05) is 29.2 Å². The van der Waals surface area contributed by atoms with Crippen LogP contribution in [0.15, 0.2) is 24.3 Å². The summed E-state index contributed by atoms with van der Waals surface area (Å²) in [5, 5.41) is 9.52. The highest BCUT2D eigenvalue weighted by atomic mass is 16.5. The fraction of sp³-hybridized carbons (Fsp3) is 0.562. The number of aliphatic hydroxyl groups excluding tert-OH is 1. The third-order valence-corrected chi connectivity index (χ3v) is 3.80. The van der Waals surface area contributed by atoms with Gasteiger partial charge in [-0.3, -0.25) is 4.79 Å². The van der Waals surface area contributed by atoms with E-state index in [-0.39, 0.29) is 18.1 Å². The van der Waals surface area contributed by atoms with E-state index in [4.69, 9.17) is 4.74 Å². The Balaban J connectivity index is 1.99. The van der Waals surface area contributed by atoms with Gasteiger partial charge in [-0.2, -0.15) is 0 Å². The van der Waals surface area contributed by atoms with E-state index in [1.54, 1.807) is 14.0 Å². The maximum atomic E-state index is 12.4. The summed E-state index contributed by atoms with van der Waals surface area (Å²) in [5.74, 6) is 0.915. The van der Waals surface area contributed by atoms with E-state index in [2.05, 4.69) is 0 Å². The maximum Gasteiger partial charge on any atom is 0.227 e. The van der Waals surface area contributed by atoms with Crippen LogP contribution in [-0.2, 0) is 11.2 Å². The average molecular weight is 277 g/mol. The van der Waals surface area contributed by atoms with Crippen molar-refractivity contribution in [2.45, 2.75) is 44.8 Å². The van der Waals surface area contributed by atoms with E-state index in [0.29, 0.717) is 12.8 Å². The van der Waals surface area contributed by atoms with Gasteiger partial charge in [0.1, 0.15) is 5.75 Å². The molecule has 4 nitrogen and oxygen atoms in total. The minimum atomic E-state index is -0.356. The second kappa shape index (κ2) is 6.75. The Labute approximate surface area is 120 Å². The Hall–Kier alpha value is -1.55. The van der Waals surface area contributed by atoms with Crippen LogP contribution in [-0.4, -0.2) is 41.7 Å². The van der Waals surface area contributed by atoms with Gasteiger partial charge < -0.3 is 14.7 Å². The Kier molecular flexibility index (Phi) is 5.01.